The zero-order valence-corrected chi connectivity index (χ0v) is 8.69. The van der Waals surface area contributed by atoms with Crippen molar-refractivity contribution in [3.63, 3.8) is 0 Å². The van der Waals surface area contributed by atoms with E-state index in [1.165, 1.54) is 0 Å². The van der Waals surface area contributed by atoms with Gasteiger partial charge < -0.3 is 16.2 Å². The number of aliphatic hydroxyl groups excluding tert-OH is 1. The molecular formula is C9H17N5O. The van der Waals surface area contributed by atoms with Crippen molar-refractivity contribution in [2.24, 2.45) is 11.7 Å². The highest BCUT2D eigenvalue weighted by Crippen LogP contribution is 2.17. The number of aromatic nitrogens is 3. The second-order valence-electron chi connectivity index (χ2n) is 3.83. The molecule has 84 valence electrons. The first kappa shape index (κ1) is 10.4. The first-order valence-electron chi connectivity index (χ1n) is 5.32. The lowest BCUT2D eigenvalue weighted by Crippen LogP contribution is -2.28. The highest BCUT2D eigenvalue weighted by atomic mass is 16.3. The Kier molecular flexibility index (Phi) is 3.17. The van der Waals surface area contributed by atoms with Crippen molar-refractivity contribution in [2.75, 3.05) is 25.0 Å². The molecule has 1 atom stereocenters. The predicted octanol–water partition coefficient (Wildman–Crippen LogP) is -0.797. The van der Waals surface area contributed by atoms with Gasteiger partial charge in [-0.1, -0.05) is 0 Å². The van der Waals surface area contributed by atoms with Gasteiger partial charge in [-0.05, 0) is 18.9 Å². The Hall–Kier alpha value is -1.14. The van der Waals surface area contributed by atoms with Crippen LogP contribution in [-0.4, -0.2) is 39.6 Å². The van der Waals surface area contributed by atoms with Crippen LogP contribution in [0.4, 0.5) is 5.95 Å². The van der Waals surface area contributed by atoms with Crippen molar-refractivity contribution in [3.05, 3.63) is 5.82 Å². The Balaban J connectivity index is 2.05. The molecule has 0 radical (unpaired) electrons. The third-order valence-electron chi connectivity index (χ3n) is 2.60. The second-order valence-corrected chi connectivity index (χ2v) is 3.83. The Morgan fingerprint density at radius 2 is 2.47 bits per heavy atom. The van der Waals surface area contributed by atoms with Gasteiger partial charge in [-0.2, -0.15) is 10.1 Å². The summed E-state index contributed by atoms with van der Waals surface area (Å²) < 4.78 is 1.87. The van der Waals surface area contributed by atoms with E-state index in [9.17, 15) is 0 Å². The van der Waals surface area contributed by atoms with Gasteiger partial charge in [0, 0.05) is 26.1 Å². The smallest absolute Gasteiger partial charge is 0.221 e. The van der Waals surface area contributed by atoms with E-state index in [1.54, 1.807) is 0 Å². The van der Waals surface area contributed by atoms with Gasteiger partial charge in [0.05, 0.1) is 0 Å². The molecule has 0 aromatic carbocycles. The molecule has 1 aliphatic heterocycles. The van der Waals surface area contributed by atoms with Gasteiger partial charge in [-0.15, -0.1) is 0 Å². The van der Waals surface area contributed by atoms with E-state index in [-0.39, 0.29) is 6.61 Å². The molecule has 1 aliphatic rings. The largest absolute Gasteiger partial charge is 0.396 e. The summed E-state index contributed by atoms with van der Waals surface area (Å²) in [7, 11) is 0. The summed E-state index contributed by atoms with van der Waals surface area (Å²) in [5.41, 5.74) is 5.45. The molecule has 0 saturated carbocycles. The topological polar surface area (TPSA) is 89.0 Å². The van der Waals surface area contributed by atoms with Gasteiger partial charge >= 0.3 is 0 Å². The molecule has 1 unspecified atom stereocenters. The number of nitrogens with zero attached hydrogens (tertiary/aromatic N) is 3. The van der Waals surface area contributed by atoms with Gasteiger partial charge in [0.1, 0.15) is 0 Å². The normalized spacial score (nSPS) is 19.7. The van der Waals surface area contributed by atoms with E-state index in [4.69, 9.17) is 10.8 Å². The van der Waals surface area contributed by atoms with E-state index >= 15 is 0 Å². The molecule has 2 rings (SSSR count). The summed E-state index contributed by atoms with van der Waals surface area (Å²) in [6.45, 7) is 2.50. The third-order valence-corrected chi connectivity index (χ3v) is 2.60. The maximum atomic E-state index is 8.87. The summed E-state index contributed by atoms with van der Waals surface area (Å²) in [6, 6.07) is 0. The standard InChI is InChI=1S/C9H17N5O/c10-3-1-8-12-9-11-5-7(2-4-15)6-14(9)13-8/h7,15H,1-6,10H2,(H,11,12,13). The molecule has 0 saturated heterocycles. The lowest BCUT2D eigenvalue weighted by atomic mass is 10.1. The van der Waals surface area contributed by atoms with Crippen LogP contribution in [0.2, 0.25) is 0 Å². The van der Waals surface area contributed by atoms with Gasteiger partial charge in [-0.3, -0.25) is 0 Å². The van der Waals surface area contributed by atoms with Crippen LogP contribution < -0.4 is 11.1 Å². The fourth-order valence-electron chi connectivity index (χ4n) is 1.80. The third kappa shape index (κ3) is 2.27. The molecule has 0 bridgehead atoms. The summed E-state index contributed by atoms with van der Waals surface area (Å²) >= 11 is 0. The minimum absolute atomic E-state index is 0.228. The predicted molar refractivity (Wildman–Crippen MR) is 56.5 cm³/mol. The van der Waals surface area contributed by atoms with Crippen molar-refractivity contribution < 1.29 is 5.11 Å². The monoisotopic (exact) mass is 211 g/mol. The summed E-state index contributed by atoms with van der Waals surface area (Å²) in [6.07, 6.45) is 1.52. The summed E-state index contributed by atoms with van der Waals surface area (Å²) in [5.74, 6) is 2.06. The lowest BCUT2D eigenvalue weighted by molar-refractivity contribution is 0.244. The summed E-state index contributed by atoms with van der Waals surface area (Å²) in [4.78, 5) is 4.33. The zero-order valence-electron chi connectivity index (χ0n) is 8.69. The average molecular weight is 211 g/mol. The zero-order chi connectivity index (χ0) is 10.7. The number of nitrogens with one attached hydrogen (secondary N) is 1. The Bertz CT molecular complexity index is 324. The van der Waals surface area contributed by atoms with Gasteiger partial charge in [-0.25, -0.2) is 4.68 Å². The minimum atomic E-state index is 0.228. The van der Waals surface area contributed by atoms with Crippen molar-refractivity contribution >= 4 is 5.95 Å². The van der Waals surface area contributed by atoms with Crippen molar-refractivity contribution in [2.45, 2.75) is 19.4 Å². The first-order valence-corrected chi connectivity index (χ1v) is 5.32. The number of hydrogen-bond donors (Lipinski definition) is 3. The highest BCUT2D eigenvalue weighted by Gasteiger charge is 2.20. The first-order chi connectivity index (χ1) is 7.33. The molecule has 1 aromatic heterocycles. The number of nitrogens with two attached hydrogens (primary N) is 1. The maximum Gasteiger partial charge on any atom is 0.221 e. The minimum Gasteiger partial charge on any atom is -0.396 e. The second kappa shape index (κ2) is 4.59. The molecule has 4 N–H and O–H groups in total. The Morgan fingerprint density at radius 1 is 1.60 bits per heavy atom. The molecule has 1 aromatic rings. The molecule has 15 heavy (non-hydrogen) atoms. The Morgan fingerprint density at radius 3 is 3.20 bits per heavy atom. The number of fused-ring (bicyclic) bond motifs is 1. The molecular weight excluding hydrogens is 194 g/mol. The molecule has 6 heteroatoms. The van der Waals surface area contributed by atoms with Crippen molar-refractivity contribution in [3.8, 4) is 0 Å². The van der Waals surface area contributed by atoms with Gasteiger partial charge in [0.25, 0.3) is 0 Å². The van der Waals surface area contributed by atoms with Gasteiger partial charge in [0.15, 0.2) is 5.82 Å². The molecule has 0 aliphatic carbocycles. The van der Waals surface area contributed by atoms with Crippen LogP contribution in [0.1, 0.15) is 12.2 Å². The number of aliphatic hydroxyl groups is 1. The van der Waals surface area contributed by atoms with Crippen LogP contribution in [0.25, 0.3) is 0 Å². The van der Waals surface area contributed by atoms with Crippen LogP contribution in [0.3, 0.4) is 0 Å². The number of rotatable bonds is 4. The fraction of sp³-hybridized carbons (Fsp3) is 0.778. The Labute approximate surface area is 88.5 Å². The van der Waals surface area contributed by atoms with Gasteiger partial charge in [0.2, 0.25) is 5.95 Å². The molecule has 0 amide bonds. The lowest BCUT2D eigenvalue weighted by Gasteiger charge is -2.22. The number of anilines is 1. The van der Waals surface area contributed by atoms with Crippen LogP contribution in [0.15, 0.2) is 0 Å². The molecule has 6 nitrogen and oxygen atoms in total. The fourth-order valence-corrected chi connectivity index (χ4v) is 1.80. The van der Waals surface area contributed by atoms with E-state index < -0.39 is 0 Å². The van der Waals surface area contributed by atoms with Crippen LogP contribution in [0, 0.1) is 5.92 Å². The van der Waals surface area contributed by atoms with Crippen LogP contribution in [-0.2, 0) is 13.0 Å². The SMILES string of the molecule is NCCc1nc2n(n1)CC(CCO)CN2. The highest BCUT2D eigenvalue weighted by molar-refractivity contribution is 5.27. The van der Waals surface area contributed by atoms with E-state index in [1.807, 2.05) is 4.68 Å². The molecule has 0 fully saturated rings. The quantitative estimate of drug-likeness (QED) is 0.607. The molecule has 0 spiro atoms. The van der Waals surface area contributed by atoms with Crippen LogP contribution in [0.5, 0.6) is 0 Å². The van der Waals surface area contributed by atoms with E-state index in [2.05, 4.69) is 15.4 Å². The maximum absolute atomic E-state index is 8.87. The average Bonchev–Trinajstić information content (AvgIpc) is 2.60. The van der Waals surface area contributed by atoms with E-state index in [0.717, 1.165) is 31.3 Å². The van der Waals surface area contributed by atoms with Crippen molar-refractivity contribution in [1.82, 2.24) is 14.8 Å². The van der Waals surface area contributed by atoms with Crippen molar-refractivity contribution in [1.29, 1.82) is 0 Å². The van der Waals surface area contributed by atoms with Crippen LogP contribution >= 0.6 is 0 Å². The summed E-state index contributed by atoms with van der Waals surface area (Å²) in [5, 5.41) is 16.4. The molecule has 2 heterocycles. The van der Waals surface area contributed by atoms with E-state index in [0.29, 0.717) is 18.9 Å². The number of hydrogen-bond acceptors (Lipinski definition) is 5.